The van der Waals surface area contributed by atoms with Crippen LogP contribution in [0.1, 0.15) is 30.1 Å². The van der Waals surface area contributed by atoms with Crippen LogP contribution in [0, 0.1) is 0 Å². The molecule has 0 spiro atoms. The lowest BCUT2D eigenvalue weighted by Gasteiger charge is -2.07. The van der Waals surface area contributed by atoms with E-state index < -0.39 is 5.97 Å². The summed E-state index contributed by atoms with van der Waals surface area (Å²) in [6, 6.07) is 6.49. The maximum absolute atomic E-state index is 11.8. The molecule has 2 N–H and O–H groups in total. The molecular formula is C16H22N2O5. The number of nitrogens with one attached hydrogen (secondary N) is 2. The van der Waals surface area contributed by atoms with E-state index in [9.17, 15) is 14.4 Å². The summed E-state index contributed by atoms with van der Waals surface area (Å²) in [4.78, 5) is 34.7. The fraction of sp³-hybridized carbons (Fsp3) is 0.438. The number of anilines is 1. The molecule has 1 rings (SSSR count). The number of carbonyl (C=O) groups excluding carboxylic acids is 3. The maximum atomic E-state index is 11.8. The van der Waals surface area contributed by atoms with Crippen molar-refractivity contribution < 1.29 is 23.9 Å². The SMILES string of the molecule is CCOC(=O)CCC(=O)Nc1ccc(C(=O)NCCOC)cc1. The number of hydrogen-bond donors (Lipinski definition) is 2. The quantitative estimate of drug-likeness (QED) is 0.529. The fourth-order valence-electron chi connectivity index (χ4n) is 1.75. The minimum absolute atomic E-state index is 0.0413. The number of carbonyl (C=O) groups is 3. The molecule has 2 amide bonds. The van der Waals surface area contributed by atoms with Gasteiger partial charge in [-0.05, 0) is 31.2 Å². The molecule has 0 saturated heterocycles. The third-order valence-corrected chi connectivity index (χ3v) is 2.88. The second kappa shape index (κ2) is 10.3. The van der Waals surface area contributed by atoms with Crippen LogP contribution >= 0.6 is 0 Å². The van der Waals surface area contributed by atoms with Gasteiger partial charge in [0.05, 0.1) is 19.6 Å². The number of ether oxygens (including phenoxy) is 2. The summed E-state index contributed by atoms with van der Waals surface area (Å²) < 4.78 is 9.60. The number of amides is 2. The Kier molecular flexibility index (Phi) is 8.38. The van der Waals surface area contributed by atoms with E-state index in [1.54, 1.807) is 38.3 Å². The highest BCUT2D eigenvalue weighted by molar-refractivity contribution is 5.96. The lowest BCUT2D eigenvalue weighted by Crippen LogP contribution is -2.26. The van der Waals surface area contributed by atoms with E-state index in [4.69, 9.17) is 9.47 Å². The van der Waals surface area contributed by atoms with Crippen LogP contribution in [0.2, 0.25) is 0 Å². The highest BCUT2D eigenvalue weighted by Crippen LogP contribution is 2.10. The second-order valence-corrected chi connectivity index (χ2v) is 4.68. The average molecular weight is 322 g/mol. The number of esters is 1. The molecule has 0 aliphatic carbocycles. The maximum Gasteiger partial charge on any atom is 0.306 e. The van der Waals surface area contributed by atoms with Gasteiger partial charge in [0, 0.05) is 31.3 Å². The molecule has 126 valence electrons. The Morgan fingerprint density at radius 2 is 1.78 bits per heavy atom. The first-order chi connectivity index (χ1) is 11.1. The molecule has 0 heterocycles. The Labute approximate surface area is 135 Å². The molecule has 0 unspecified atom stereocenters. The van der Waals surface area contributed by atoms with Gasteiger partial charge in [-0.25, -0.2) is 0 Å². The van der Waals surface area contributed by atoms with Gasteiger partial charge in [0.25, 0.3) is 5.91 Å². The monoisotopic (exact) mass is 322 g/mol. The Bertz CT molecular complexity index is 528. The van der Waals surface area contributed by atoms with Crippen molar-refractivity contribution in [2.45, 2.75) is 19.8 Å². The molecule has 7 heteroatoms. The van der Waals surface area contributed by atoms with Crippen molar-refractivity contribution in [3.63, 3.8) is 0 Å². The zero-order valence-electron chi connectivity index (χ0n) is 13.4. The molecule has 0 aromatic heterocycles. The summed E-state index contributed by atoms with van der Waals surface area (Å²) in [5.74, 6) is -0.886. The summed E-state index contributed by atoms with van der Waals surface area (Å²) in [5.41, 5.74) is 1.05. The molecule has 1 aromatic rings. The molecule has 0 aliphatic rings. The third-order valence-electron chi connectivity index (χ3n) is 2.88. The number of benzene rings is 1. The first-order valence-corrected chi connectivity index (χ1v) is 7.39. The van der Waals surface area contributed by atoms with Gasteiger partial charge in [0.1, 0.15) is 0 Å². The van der Waals surface area contributed by atoms with Gasteiger partial charge in [0.2, 0.25) is 5.91 Å². The van der Waals surface area contributed by atoms with Crippen LogP contribution in [0.5, 0.6) is 0 Å². The molecular weight excluding hydrogens is 300 g/mol. The fourth-order valence-corrected chi connectivity index (χ4v) is 1.75. The molecule has 23 heavy (non-hydrogen) atoms. The lowest BCUT2D eigenvalue weighted by atomic mass is 10.2. The van der Waals surface area contributed by atoms with E-state index in [-0.39, 0.29) is 24.7 Å². The molecule has 1 aromatic carbocycles. The predicted molar refractivity (Wildman–Crippen MR) is 85.1 cm³/mol. The summed E-state index contributed by atoms with van der Waals surface area (Å²) in [7, 11) is 1.56. The Hall–Kier alpha value is -2.41. The van der Waals surface area contributed by atoms with Gasteiger partial charge < -0.3 is 20.1 Å². The largest absolute Gasteiger partial charge is 0.466 e. The van der Waals surface area contributed by atoms with Crippen LogP contribution in [-0.4, -0.2) is 44.7 Å². The Morgan fingerprint density at radius 3 is 2.39 bits per heavy atom. The van der Waals surface area contributed by atoms with Gasteiger partial charge in [-0.1, -0.05) is 0 Å². The standard InChI is InChI=1S/C16H22N2O5/c1-3-23-15(20)9-8-14(19)18-13-6-4-12(5-7-13)16(21)17-10-11-22-2/h4-7H,3,8-11H2,1-2H3,(H,17,21)(H,18,19). The van der Waals surface area contributed by atoms with Crippen molar-refractivity contribution in [2.75, 3.05) is 32.2 Å². The van der Waals surface area contributed by atoms with Crippen molar-refractivity contribution >= 4 is 23.5 Å². The van der Waals surface area contributed by atoms with E-state index in [2.05, 4.69) is 10.6 Å². The van der Waals surface area contributed by atoms with Crippen LogP contribution in [0.15, 0.2) is 24.3 Å². The molecule has 0 bridgehead atoms. The van der Waals surface area contributed by atoms with Gasteiger partial charge in [-0.2, -0.15) is 0 Å². The minimum Gasteiger partial charge on any atom is -0.466 e. The highest BCUT2D eigenvalue weighted by atomic mass is 16.5. The van der Waals surface area contributed by atoms with Crippen molar-refractivity contribution in [3.8, 4) is 0 Å². The topological polar surface area (TPSA) is 93.7 Å². The van der Waals surface area contributed by atoms with Crippen LogP contribution in [-0.2, 0) is 19.1 Å². The van der Waals surface area contributed by atoms with Crippen molar-refractivity contribution in [2.24, 2.45) is 0 Å². The third kappa shape index (κ3) is 7.42. The number of hydrogen-bond acceptors (Lipinski definition) is 5. The lowest BCUT2D eigenvalue weighted by molar-refractivity contribution is -0.144. The first-order valence-electron chi connectivity index (χ1n) is 7.39. The zero-order valence-corrected chi connectivity index (χ0v) is 13.4. The molecule has 0 atom stereocenters. The average Bonchev–Trinajstić information content (AvgIpc) is 2.54. The van der Waals surface area contributed by atoms with Crippen molar-refractivity contribution in [1.29, 1.82) is 0 Å². The summed E-state index contributed by atoms with van der Waals surface area (Å²) in [6.07, 6.45) is 0.0950. The van der Waals surface area contributed by atoms with E-state index in [1.807, 2.05) is 0 Å². The summed E-state index contributed by atoms with van der Waals surface area (Å²) >= 11 is 0. The second-order valence-electron chi connectivity index (χ2n) is 4.68. The summed E-state index contributed by atoms with van der Waals surface area (Å²) in [6.45, 7) is 2.89. The van der Waals surface area contributed by atoms with E-state index in [0.29, 0.717) is 31.0 Å². The minimum atomic E-state index is -0.397. The van der Waals surface area contributed by atoms with Crippen molar-refractivity contribution in [1.82, 2.24) is 5.32 Å². The van der Waals surface area contributed by atoms with Crippen LogP contribution in [0.3, 0.4) is 0 Å². The van der Waals surface area contributed by atoms with Gasteiger partial charge in [-0.3, -0.25) is 14.4 Å². The van der Waals surface area contributed by atoms with E-state index in [0.717, 1.165) is 0 Å². The van der Waals surface area contributed by atoms with E-state index in [1.165, 1.54) is 0 Å². The molecule has 0 aliphatic heterocycles. The molecule has 0 radical (unpaired) electrons. The zero-order chi connectivity index (χ0) is 17.1. The highest BCUT2D eigenvalue weighted by Gasteiger charge is 2.09. The number of methoxy groups -OCH3 is 1. The Balaban J connectivity index is 2.42. The molecule has 7 nitrogen and oxygen atoms in total. The van der Waals surface area contributed by atoms with Crippen LogP contribution in [0.4, 0.5) is 5.69 Å². The van der Waals surface area contributed by atoms with Crippen molar-refractivity contribution in [3.05, 3.63) is 29.8 Å². The predicted octanol–water partition coefficient (Wildman–Crippen LogP) is 1.34. The normalized spacial score (nSPS) is 10.0. The first kappa shape index (κ1) is 18.6. The van der Waals surface area contributed by atoms with Gasteiger partial charge in [-0.15, -0.1) is 0 Å². The molecule has 0 saturated carbocycles. The number of rotatable bonds is 9. The Morgan fingerprint density at radius 1 is 1.09 bits per heavy atom. The smallest absolute Gasteiger partial charge is 0.306 e. The van der Waals surface area contributed by atoms with Gasteiger partial charge in [0.15, 0.2) is 0 Å². The van der Waals surface area contributed by atoms with Crippen LogP contribution < -0.4 is 10.6 Å². The van der Waals surface area contributed by atoms with E-state index >= 15 is 0 Å². The summed E-state index contributed by atoms with van der Waals surface area (Å²) in [5, 5.41) is 5.36. The molecule has 0 fully saturated rings. The van der Waals surface area contributed by atoms with Gasteiger partial charge >= 0.3 is 5.97 Å². The van der Waals surface area contributed by atoms with Crippen LogP contribution in [0.25, 0.3) is 0 Å².